The molecule has 2 aromatic rings. The van der Waals surface area contributed by atoms with Gasteiger partial charge in [0.15, 0.2) is 0 Å². The van der Waals surface area contributed by atoms with E-state index in [9.17, 15) is 9.18 Å². The lowest BCUT2D eigenvalue weighted by atomic mass is 9.86. The lowest BCUT2D eigenvalue weighted by molar-refractivity contribution is -0.118. The molecule has 0 unspecified atom stereocenters. The topological polar surface area (TPSA) is 50.4 Å². The van der Waals surface area contributed by atoms with E-state index in [1.165, 1.54) is 6.07 Å². The van der Waals surface area contributed by atoms with Gasteiger partial charge in [-0.05, 0) is 71.2 Å². The zero-order chi connectivity index (χ0) is 19.2. The van der Waals surface area contributed by atoms with E-state index < -0.39 is 6.04 Å². The van der Waals surface area contributed by atoms with Crippen molar-refractivity contribution in [3.05, 3.63) is 58.4 Å². The van der Waals surface area contributed by atoms with Crippen molar-refractivity contribution < 1.29 is 13.9 Å². The van der Waals surface area contributed by atoms with Gasteiger partial charge in [-0.1, -0.05) is 19.9 Å². The molecule has 1 aliphatic carbocycles. The van der Waals surface area contributed by atoms with Crippen molar-refractivity contribution in [1.29, 1.82) is 0 Å². The van der Waals surface area contributed by atoms with Crippen LogP contribution in [0.5, 0.6) is 5.75 Å². The monoisotopic (exact) mass is 368 g/mol. The molecule has 0 saturated heterocycles. The van der Waals surface area contributed by atoms with E-state index in [1.54, 1.807) is 7.11 Å². The number of fused-ring (bicyclic) bond motifs is 2. The Balaban J connectivity index is 1.59. The summed E-state index contributed by atoms with van der Waals surface area (Å²) < 4.78 is 20.0. The minimum absolute atomic E-state index is 0.148. The maximum atomic E-state index is 14.7. The first-order valence-electron chi connectivity index (χ1n) is 9.43. The van der Waals surface area contributed by atoms with Crippen LogP contribution in [0.15, 0.2) is 30.3 Å². The lowest BCUT2D eigenvalue weighted by Crippen LogP contribution is -2.38. The molecule has 27 heavy (non-hydrogen) atoms. The summed E-state index contributed by atoms with van der Waals surface area (Å²) in [6, 6.07) is 8.69. The van der Waals surface area contributed by atoms with Gasteiger partial charge in [-0.25, -0.2) is 4.39 Å². The van der Waals surface area contributed by atoms with Crippen LogP contribution in [0, 0.1) is 5.82 Å². The van der Waals surface area contributed by atoms with Gasteiger partial charge in [0.25, 0.3) is 0 Å². The molecule has 2 aromatic carbocycles. The number of hydrogen-bond acceptors (Lipinski definition) is 3. The van der Waals surface area contributed by atoms with Crippen LogP contribution in [0.1, 0.15) is 48.6 Å². The molecule has 1 heterocycles. The molecule has 0 aromatic heterocycles. The van der Waals surface area contributed by atoms with Crippen LogP contribution in [0.3, 0.4) is 0 Å². The highest BCUT2D eigenvalue weighted by Gasteiger charge is 2.33. The predicted octanol–water partition coefficient (Wildman–Crippen LogP) is 3.88. The van der Waals surface area contributed by atoms with Crippen molar-refractivity contribution in [2.24, 2.45) is 0 Å². The molecule has 4 rings (SSSR count). The highest BCUT2D eigenvalue weighted by atomic mass is 19.1. The molecule has 0 fully saturated rings. The van der Waals surface area contributed by atoms with Crippen LogP contribution in [0.25, 0.3) is 0 Å². The second-order valence-electron chi connectivity index (χ2n) is 8.07. The summed E-state index contributed by atoms with van der Waals surface area (Å²) >= 11 is 0. The molecular weight excluding hydrogens is 343 g/mol. The van der Waals surface area contributed by atoms with Crippen LogP contribution < -0.4 is 15.4 Å². The van der Waals surface area contributed by atoms with Gasteiger partial charge in [-0.3, -0.25) is 4.79 Å². The number of benzene rings is 2. The Morgan fingerprint density at radius 2 is 2.04 bits per heavy atom. The standard InChI is InChI=1S/C22H25FN2O2/c1-22(2)8-6-14-10-15(12-18(23)19(14)22)25-21(26)20-17-5-4-16(27-3)11-13(17)7-9-24-20/h4-5,10-12,20,24H,6-9H2,1-3H3,(H,25,26)/t20-/m1/s1. The third-order valence-corrected chi connectivity index (χ3v) is 5.80. The predicted molar refractivity (Wildman–Crippen MR) is 104 cm³/mol. The van der Waals surface area contributed by atoms with Crippen molar-refractivity contribution in [2.75, 3.05) is 19.0 Å². The van der Waals surface area contributed by atoms with Crippen molar-refractivity contribution in [2.45, 2.75) is 44.6 Å². The summed E-state index contributed by atoms with van der Waals surface area (Å²) in [7, 11) is 1.64. The minimum Gasteiger partial charge on any atom is -0.497 e. The molecule has 0 spiro atoms. The number of ether oxygens (including phenoxy) is 1. The maximum absolute atomic E-state index is 14.7. The average Bonchev–Trinajstić information content (AvgIpc) is 2.95. The smallest absolute Gasteiger partial charge is 0.246 e. The lowest BCUT2D eigenvalue weighted by Gasteiger charge is -2.26. The number of nitrogens with one attached hydrogen (secondary N) is 2. The van der Waals surface area contributed by atoms with E-state index in [-0.39, 0.29) is 17.1 Å². The zero-order valence-electron chi connectivity index (χ0n) is 16.0. The molecule has 0 radical (unpaired) electrons. The second-order valence-corrected chi connectivity index (χ2v) is 8.07. The summed E-state index contributed by atoms with van der Waals surface area (Å²) in [4.78, 5) is 12.9. The summed E-state index contributed by atoms with van der Waals surface area (Å²) in [5, 5.41) is 6.17. The number of amides is 1. The maximum Gasteiger partial charge on any atom is 0.246 e. The Labute approximate surface area is 159 Å². The molecule has 0 saturated carbocycles. The van der Waals surface area contributed by atoms with Crippen LogP contribution >= 0.6 is 0 Å². The van der Waals surface area contributed by atoms with Gasteiger partial charge in [-0.2, -0.15) is 0 Å². The number of rotatable bonds is 3. The molecule has 5 heteroatoms. The number of halogens is 1. The molecule has 1 aliphatic heterocycles. The number of anilines is 1. The van der Waals surface area contributed by atoms with Gasteiger partial charge in [0.2, 0.25) is 5.91 Å². The fourth-order valence-electron chi connectivity index (χ4n) is 4.38. The van der Waals surface area contributed by atoms with Crippen molar-refractivity contribution in [3.63, 3.8) is 0 Å². The minimum atomic E-state index is -0.451. The molecule has 1 amide bonds. The SMILES string of the molecule is COc1ccc2c(c1)CCN[C@H]2C(=O)Nc1cc(F)c2c(c1)CCC2(C)C. The molecular formula is C22H25FN2O2. The third-order valence-electron chi connectivity index (χ3n) is 5.80. The van der Waals surface area contributed by atoms with E-state index in [1.807, 2.05) is 24.3 Å². The van der Waals surface area contributed by atoms with Gasteiger partial charge < -0.3 is 15.4 Å². The van der Waals surface area contributed by atoms with Crippen LogP contribution in [0.2, 0.25) is 0 Å². The largest absolute Gasteiger partial charge is 0.497 e. The first kappa shape index (κ1) is 18.0. The molecule has 1 atom stereocenters. The number of carbonyl (C=O) groups excluding carboxylic acids is 1. The summed E-state index contributed by atoms with van der Waals surface area (Å²) in [5.41, 5.74) is 4.21. The van der Waals surface area contributed by atoms with Crippen LogP contribution in [-0.4, -0.2) is 19.6 Å². The van der Waals surface area contributed by atoms with Crippen molar-refractivity contribution in [1.82, 2.24) is 5.32 Å². The Morgan fingerprint density at radius 3 is 2.81 bits per heavy atom. The Bertz CT molecular complexity index is 907. The first-order valence-corrected chi connectivity index (χ1v) is 9.43. The van der Waals surface area contributed by atoms with Gasteiger partial charge in [0.05, 0.1) is 7.11 Å². The average molecular weight is 368 g/mol. The Morgan fingerprint density at radius 1 is 1.22 bits per heavy atom. The van der Waals surface area contributed by atoms with Gasteiger partial charge in [0, 0.05) is 12.2 Å². The normalized spacial score (nSPS) is 19.9. The molecule has 2 aliphatic rings. The van der Waals surface area contributed by atoms with E-state index in [0.29, 0.717) is 12.2 Å². The molecule has 2 N–H and O–H groups in total. The van der Waals surface area contributed by atoms with Crippen molar-refractivity contribution >= 4 is 11.6 Å². The molecule has 4 nitrogen and oxygen atoms in total. The molecule has 142 valence electrons. The van der Waals surface area contributed by atoms with Gasteiger partial charge in [-0.15, -0.1) is 0 Å². The number of methoxy groups -OCH3 is 1. The van der Waals surface area contributed by atoms with E-state index in [2.05, 4.69) is 24.5 Å². The number of aryl methyl sites for hydroxylation is 1. The van der Waals surface area contributed by atoms with E-state index in [4.69, 9.17) is 4.74 Å². The summed E-state index contributed by atoms with van der Waals surface area (Å²) in [5.74, 6) is 0.392. The van der Waals surface area contributed by atoms with E-state index >= 15 is 0 Å². The van der Waals surface area contributed by atoms with Gasteiger partial charge in [0.1, 0.15) is 17.6 Å². The highest BCUT2D eigenvalue weighted by molar-refractivity contribution is 5.96. The first-order chi connectivity index (χ1) is 12.9. The number of carbonyl (C=O) groups is 1. The van der Waals surface area contributed by atoms with Crippen LogP contribution in [0.4, 0.5) is 10.1 Å². The summed E-state index contributed by atoms with van der Waals surface area (Å²) in [6.07, 6.45) is 2.61. The Hall–Kier alpha value is -2.40. The number of hydrogen-bond donors (Lipinski definition) is 2. The quantitative estimate of drug-likeness (QED) is 0.864. The highest BCUT2D eigenvalue weighted by Crippen LogP contribution is 2.41. The fraction of sp³-hybridized carbons (Fsp3) is 0.409. The second kappa shape index (κ2) is 6.64. The Kier molecular flexibility index (Phi) is 4.42. The molecule has 0 bridgehead atoms. The third kappa shape index (κ3) is 3.21. The fourth-order valence-corrected chi connectivity index (χ4v) is 4.38. The van der Waals surface area contributed by atoms with Crippen molar-refractivity contribution in [3.8, 4) is 5.75 Å². The summed E-state index contributed by atoms with van der Waals surface area (Å²) in [6.45, 7) is 4.85. The van der Waals surface area contributed by atoms with Gasteiger partial charge >= 0.3 is 0 Å². The van der Waals surface area contributed by atoms with Crippen LogP contribution in [-0.2, 0) is 23.1 Å². The van der Waals surface area contributed by atoms with E-state index in [0.717, 1.165) is 47.3 Å². The zero-order valence-corrected chi connectivity index (χ0v) is 16.0.